The molecule has 1 aliphatic heterocycles. The summed E-state index contributed by atoms with van der Waals surface area (Å²) in [6.07, 6.45) is 7.55. The number of rotatable bonds is 8. The van der Waals surface area contributed by atoms with Gasteiger partial charge in [-0.25, -0.2) is 0 Å². The Balaban J connectivity index is 1.72. The van der Waals surface area contributed by atoms with Gasteiger partial charge in [-0.15, -0.1) is 0 Å². The molecule has 0 amide bonds. The van der Waals surface area contributed by atoms with Crippen LogP contribution in [0.5, 0.6) is 11.5 Å². The Kier molecular flexibility index (Phi) is 5.71. The second-order valence-electron chi connectivity index (χ2n) is 5.11. The SMILES string of the molecule is CCCCCCCCOc1ccc2c(c1)OCC2=NO. The number of unbranched alkanes of at least 4 members (excludes halogenated alkanes) is 5. The van der Waals surface area contributed by atoms with Gasteiger partial charge in [-0.3, -0.25) is 0 Å². The summed E-state index contributed by atoms with van der Waals surface area (Å²) in [6, 6.07) is 5.65. The molecule has 0 saturated carbocycles. The Morgan fingerprint density at radius 3 is 2.80 bits per heavy atom. The summed E-state index contributed by atoms with van der Waals surface area (Å²) in [5.41, 5.74) is 1.42. The molecule has 1 N–H and O–H groups in total. The van der Waals surface area contributed by atoms with Crippen LogP contribution in [-0.4, -0.2) is 24.1 Å². The van der Waals surface area contributed by atoms with E-state index in [1.54, 1.807) is 0 Å². The van der Waals surface area contributed by atoms with E-state index < -0.39 is 0 Å². The first-order valence-electron chi connectivity index (χ1n) is 7.46. The van der Waals surface area contributed by atoms with Gasteiger partial charge in [0, 0.05) is 11.6 Å². The molecule has 0 aliphatic carbocycles. The molecule has 0 saturated heterocycles. The fourth-order valence-corrected chi connectivity index (χ4v) is 2.33. The summed E-state index contributed by atoms with van der Waals surface area (Å²) in [5.74, 6) is 1.55. The van der Waals surface area contributed by atoms with E-state index in [9.17, 15) is 0 Å². The molecule has 4 heteroatoms. The summed E-state index contributed by atoms with van der Waals surface area (Å²) in [4.78, 5) is 0. The summed E-state index contributed by atoms with van der Waals surface area (Å²) < 4.78 is 11.2. The third-order valence-electron chi connectivity index (χ3n) is 3.52. The largest absolute Gasteiger partial charge is 0.493 e. The van der Waals surface area contributed by atoms with E-state index in [4.69, 9.17) is 14.7 Å². The Hall–Kier alpha value is -1.71. The highest BCUT2D eigenvalue weighted by Crippen LogP contribution is 2.30. The van der Waals surface area contributed by atoms with Crippen molar-refractivity contribution < 1.29 is 14.7 Å². The van der Waals surface area contributed by atoms with Gasteiger partial charge in [-0.2, -0.15) is 0 Å². The van der Waals surface area contributed by atoms with Gasteiger partial charge in [0.2, 0.25) is 0 Å². The van der Waals surface area contributed by atoms with Crippen molar-refractivity contribution in [1.29, 1.82) is 0 Å². The second kappa shape index (κ2) is 7.78. The van der Waals surface area contributed by atoms with Gasteiger partial charge in [0.15, 0.2) is 0 Å². The molecule has 4 nitrogen and oxygen atoms in total. The second-order valence-corrected chi connectivity index (χ2v) is 5.11. The Morgan fingerprint density at radius 1 is 1.20 bits per heavy atom. The number of nitrogens with zero attached hydrogens (tertiary/aromatic N) is 1. The fourth-order valence-electron chi connectivity index (χ4n) is 2.33. The van der Waals surface area contributed by atoms with Crippen LogP contribution in [-0.2, 0) is 0 Å². The highest BCUT2D eigenvalue weighted by molar-refractivity contribution is 6.05. The predicted molar refractivity (Wildman–Crippen MR) is 79.1 cm³/mol. The molecule has 110 valence electrons. The quantitative estimate of drug-likeness (QED) is 0.444. The van der Waals surface area contributed by atoms with Crippen molar-refractivity contribution in [2.75, 3.05) is 13.2 Å². The minimum absolute atomic E-state index is 0.326. The summed E-state index contributed by atoms with van der Waals surface area (Å²) in [5, 5.41) is 12.0. The zero-order valence-corrected chi connectivity index (χ0v) is 12.1. The lowest BCUT2D eigenvalue weighted by Crippen LogP contribution is -2.01. The van der Waals surface area contributed by atoms with E-state index in [0.717, 1.165) is 30.1 Å². The Morgan fingerprint density at radius 2 is 2.00 bits per heavy atom. The maximum Gasteiger partial charge on any atom is 0.134 e. The third kappa shape index (κ3) is 3.89. The van der Waals surface area contributed by atoms with Gasteiger partial charge >= 0.3 is 0 Å². The van der Waals surface area contributed by atoms with Gasteiger partial charge in [0.25, 0.3) is 0 Å². The summed E-state index contributed by atoms with van der Waals surface area (Å²) in [6.45, 7) is 3.30. The Labute approximate surface area is 120 Å². The molecule has 0 fully saturated rings. The molecule has 0 bridgehead atoms. The first-order chi connectivity index (χ1) is 9.85. The molecule has 1 aromatic carbocycles. The first-order valence-corrected chi connectivity index (χ1v) is 7.46. The van der Waals surface area contributed by atoms with Gasteiger partial charge < -0.3 is 14.7 Å². The van der Waals surface area contributed by atoms with Crippen LogP contribution < -0.4 is 9.47 Å². The molecule has 20 heavy (non-hydrogen) atoms. The minimum Gasteiger partial charge on any atom is -0.493 e. The molecule has 2 rings (SSSR count). The van der Waals surface area contributed by atoms with Crippen LogP contribution in [0.25, 0.3) is 0 Å². The average Bonchev–Trinajstić information content (AvgIpc) is 2.88. The van der Waals surface area contributed by atoms with Crippen molar-refractivity contribution in [1.82, 2.24) is 0 Å². The lowest BCUT2D eigenvalue weighted by atomic mass is 10.1. The molecule has 0 aromatic heterocycles. The van der Waals surface area contributed by atoms with Crippen molar-refractivity contribution in [3.8, 4) is 11.5 Å². The number of hydrogen-bond acceptors (Lipinski definition) is 4. The molecular formula is C16H23NO3. The standard InChI is InChI=1S/C16H23NO3/c1-2-3-4-5-6-7-10-19-13-8-9-14-15(17-18)12-20-16(14)11-13/h8-9,11,18H,2-7,10,12H2,1H3. The summed E-state index contributed by atoms with van der Waals surface area (Å²) in [7, 11) is 0. The van der Waals surface area contributed by atoms with Gasteiger partial charge in [0.05, 0.1) is 6.61 Å². The first kappa shape index (κ1) is 14.7. The van der Waals surface area contributed by atoms with Crippen LogP contribution in [0.1, 0.15) is 51.0 Å². The van der Waals surface area contributed by atoms with Crippen LogP contribution in [0, 0.1) is 0 Å². The maximum atomic E-state index is 8.82. The van der Waals surface area contributed by atoms with Gasteiger partial charge in [-0.1, -0.05) is 44.2 Å². The number of benzene rings is 1. The predicted octanol–water partition coefficient (Wildman–Crippen LogP) is 4.00. The number of hydrogen-bond donors (Lipinski definition) is 1. The lowest BCUT2D eigenvalue weighted by Gasteiger charge is -2.07. The maximum absolute atomic E-state index is 8.82. The topological polar surface area (TPSA) is 51.0 Å². The number of oxime groups is 1. The average molecular weight is 277 g/mol. The smallest absolute Gasteiger partial charge is 0.134 e. The van der Waals surface area contributed by atoms with Crippen molar-refractivity contribution in [3.63, 3.8) is 0 Å². The summed E-state index contributed by atoms with van der Waals surface area (Å²) >= 11 is 0. The van der Waals surface area contributed by atoms with Crippen LogP contribution in [0.2, 0.25) is 0 Å². The molecule has 0 radical (unpaired) electrons. The van der Waals surface area contributed by atoms with Gasteiger partial charge in [-0.05, 0) is 18.6 Å². The number of fused-ring (bicyclic) bond motifs is 1. The van der Waals surface area contributed by atoms with Crippen LogP contribution in [0.15, 0.2) is 23.4 Å². The van der Waals surface area contributed by atoms with E-state index in [1.165, 1.54) is 32.1 Å². The Bertz CT molecular complexity index is 457. The monoisotopic (exact) mass is 277 g/mol. The molecule has 0 unspecified atom stereocenters. The van der Waals surface area contributed by atoms with E-state index in [-0.39, 0.29) is 0 Å². The van der Waals surface area contributed by atoms with E-state index >= 15 is 0 Å². The van der Waals surface area contributed by atoms with Crippen molar-refractivity contribution >= 4 is 5.71 Å². The normalized spacial score (nSPS) is 15.2. The van der Waals surface area contributed by atoms with Crippen molar-refractivity contribution in [3.05, 3.63) is 23.8 Å². The van der Waals surface area contributed by atoms with E-state index in [2.05, 4.69) is 12.1 Å². The fraction of sp³-hybridized carbons (Fsp3) is 0.562. The molecule has 1 heterocycles. The van der Waals surface area contributed by atoms with E-state index in [1.807, 2.05) is 18.2 Å². The van der Waals surface area contributed by atoms with Crippen LogP contribution in [0.3, 0.4) is 0 Å². The third-order valence-corrected chi connectivity index (χ3v) is 3.52. The molecule has 1 aromatic rings. The zero-order valence-electron chi connectivity index (χ0n) is 12.1. The van der Waals surface area contributed by atoms with E-state index in [0.29, 0.717) is 12.3 Å². The van der Waals surface area contributed by atoms with Gasteiger partial charge in [0.1, 0.15) is 23.8 Å². The highest BCUT2D eigenvalue weighted by atomic mass is 16.5. The van der Waals surface area contributed by atoms with Crippen molar-refractivity contribution in [2.24, 2.45) is 5.16 Å². The molecular weight excluding hydrogens is 254 g/mol. The lowest BCUT2D eigenvalue weighted by molar-refractivity contribution is 0.301. The number of ether oxygens (including phenoxy) is 2. The van der Waals surface area contributed by atoms with Crippen LogP contribution in [0.4, 0.5) is 0 Å². The zero-order chi connectivity index (χ0) is 14.2. The molecule has 0 atom stereocenters. The minimum atomic E-state index is 0.326. The molecule has 1 aliphatic rings. The van der Waals surface area contributed by atoms with Crippen LogP contribution >= 0.6 is 0 Å². The molecule has 0 spiro atoms. The van der Waals surface area contributed by atoms with Crippen molar-refractivity contribution in [2.45, 2.75) is 45.4 Å². The highest BCUT2D eigenvalue weighted by Gasteiger charge is 2.20.